The molecular weight excluding hydrogens is 1350 g/mol. The number of aromatic hydroxyl groups is 6. The summed E-state index contributed by atoms with van der Waals surface area (Å²) < 4.78 is 61.1. The number of hydrogen-bond acceptors (Lipinski definition) is 20. The number of rotatable bonds is 16. The highest BCUT2D eigenvalue weighted by atomic mass is 16.6. The Morgan fingerprint density at radius 2 is 0.670 bits per heavy atom. The van der Waals surface area contributed by atoms with Gasteiger partial charge in [-0.2, -0.15) is 0 Å². The van der Waals surface area contributed by atoms with E-state index in [0.717, 1.165) is 55.7 Å². The first-order valence-corrected chi connectivity index (χ1v) is 35.4. The number of aryl methyl sites for hydroxylation is 4. The zero-order valence-electron chi connectivity index (χ0n) is 62.0. The fourth-order valence-corrected chi connectivity index (χ4v) is 17.4. The van der Waals surface area contributed by atoms with Crippen LogP contribution >= 0.6 is 0 Å². The monoisotopic (exact) mass is 1440 g/mol. The topological polar surface area (TPSA) is 288 Å². The van der Waals surface area contributed by atoms with Gasteiger partial charge in [0.2, 0.25) is 0 Å². The van der Waals surface area contributed by atoms with Crippen molar-refractivity contribution in [2.24, 2.45) is 10.8 Å². The number of carbonyl (C=O) groups is 2. The molecule has 2 fully saturated rings. The molecule has 556 valence electrons. The van der Waals surface area contributed by atoms with Crippen molar-refractivity contribution in [3.63, 3.8) is 0 Å². The van der Waals surface area contributed by atoms with Crippen LogP contribution in [0.15, 0.2) is 168 Å². The molecule has 6 aliphatic rings. The van der Waals surface area contributed by atoms with Crippen molar-refractivity contribution in [3.05, 3.63) is 235 Å². The van der Waals surface area contributed by atoms with Gasteiger partial charge >= 0.3 is 0 Å². The predicted octanol–water partition coefficient (Wildman–Crippen LogP) is 15.5. The lowest BCUT2D eigenvalue weighted by Gasteiger charge is -2.40. The maximum atomic E-state index is 15.8. The van der Waals surface area contributed by atoms with E-state index in [1.165, 1.54) is 28.4 Å². The van der Waals surface area contributed by atoms with Crippen molar-refractivity contribution < 1.29 is 97.8 Å². The predicted molar refractivity (Wildman–Crippen MR) is 393 cm³/mol. The second-order valence-corrected chi connectivity index (χ2v) is 29.9. The summed E-state index contributed by atoms with van der Waals surface area (Å²) in [6.45, 7) is 13.8. The molecule has 8 aromatic carbocycles. The van der Waals surface area contributed by atoms with E-state index in [4.69, 9.17) is 47.4 Å². The van der Waals surface area contributed by atoms with Gasteiger partial charge in [0.05, 0.1) is 76.9 Å². The second kappa shape index (κ2) is 27.7. The van der Waals surface area contributed by atoms with Crippen LogP contribution in [0.2, 0.25) is 0 Å². The van der Waals surface area contributed by atoms with Crippen molar-refractivity contribution in [3.8, 4) is 69.0 Å². The van der Waals surface area contributed by atoms with Gasteiger partial charge in [0, 0.05) is 0 Å². The van der Waals surface area contributed by atoms with Crippen LogP contribution in [-0.4, -0.2) is 106 Å². The van der Waals surface area contributed by atoms with E-state index in [-0.39, 0.29) is 81.9 Å². The van der Waals surface area contributed by atoms with Crippen LogP contribution < -0.4 is 28.4 Å². The van der Waals surface area contributed by atoms with Crippen LogP contribution in [0.25, 0.3) is 0 Å². The first-order valence-electron chi connectivity index (χ1n) is 35.4. The molecule has 0 amide bonds. The Kier molecular flexibility index (Phi) is 19.4. The standard InChI is InChI=1S/2C43H46O10/c2*1-23-8-12-28(21-35(23)50-6)43(41(3,4)48)40(47)42(39(53-43)27-11-15-34(49-5)33(46)19-27)17-16-29-30(22-42)38(26-10-14-32(45)36(20-26)51-7)52-37(29)25-9-13-31(44)24(2)18-25/h2*8-15,18-21,37-39,44-46,48H,16-17,22H2,1-7H3/t37-,38+,39-,42+,43?;37-,38+,39-,42-,43?/m00/s1. The summed E-state index contributed by atoms with van der Waals surface area (Å²) in [5.41, 5.74) is 2.55. The Morgan fingerprint density at radius 3 is 0.991 bits per heavy atom. The maximum absolute atomic E-state index is 15.8. The molecule has 0 aromatic heterocycles. The molecule has 8 N–H and O–H groups in total. The number of phenols is 6. The molecule has 20 heteroatoms. The van der Waals surface area contributed by atoms with E-state index in [0.29, 0.717) is 70.6 Å². The molecule has 106 heavy (non-hydrogen) atoms. The summed E-state index contributed by atoms with van der Waals surface area (Å²) in [5.74, 6) is 1.74. The molecule has 8 aromatic rings. The third kappa shape index (κ3) is 12.0. The highest BCUT2D eigenvalue weighted by molar-refractivity contribution is 5.99. The van der Waals surface area contributed by atoms with Crippen molar-refractivity contribution in [1.82, 2.24) is 0 Å². The average molecular weight is 1450 g/mol. The van der Waals surface area contributed by atoms with Crippen LogP contribution in [0.4, 0.5) is 0 Å². The van der Waals surface area contributed by atoms with E-state index >= 15 is 9.59 Å². The Balaban J connectivity index is 0.000000188. The zero-order chi connectivity index (χ0) is 76.1. The van der Waals surface area contributed by atoms with Crippen LogP contribution in [0.5, 0.6) is 69.0 Å². The number of ketones is 2. The third-order valence-electron chi connectivity index (χ3n) is 22.9. The lowest BCUT2D eigenvalue weighted by atomic mass is 9.60. The molecule has 2 unspecified atom stereocenters. The Hall–Kier alpha value is -10.1. The fraction of sp³-hybridized carbons (Fsp3) is 0.372. The molecule has 10 atom stereocenters. The van der Waals surface area contributed by atoms with Gasteiger partial charge in [-0.15, -0.1) is 0 Å². The van der Waals surface area contributed by atoms with E-state index < -0.39 is 69.9 Å². The number of methoxy groups -OCH3 is 6. The first kappa shape index (κ1) is 74.2. The Morgan fingerprint density at radius 1 is 0.349 bits per heavy atom. The SMILES string of the molecule is COc1cc(C2(C(C)(C)O)O[C@@H](c3ccc(OC)c(O)c3)[C@@]3(CCC4=C(C3)[C@@H](c3ccc(O)c(OC)c3)O[C@H]4c3ccc(O)c(C)c3)C2=O)ccc1C.COc1cc(C2(C(C)(C)O)O[C@@H](c3ccc(OC)c(O)c3)[C@]3(CCC4=C(C3)[C@@H](c3ccc(O)c(OC)c3)O[C@H]4c3ccc(O)c(C)c3)C2=O)ccc1C. The van der Waals surface area contributed by atoms with Gasteiger partial charge in [-0.1, -0.05) is 60.7 Å². The van der Waals surface area contributed by atoms with Gasteiger partial charge in [-0.25, -0.2) is 0 Å². The van der Waals surface area contributed by atoms with Gasteiger partial charge in [0.1, 0.15) is 47.4 Å². The minimum atomic E-state index is -1.84. The number of hydrogen-bond donors (Lipinski definition) is 8. The number of benzene rings is 8. The lowest BCUT2D eigenvalue weighted by molar-refractivity contribution is -0.178. The van der Waals surface area contributed by atoms with Crippen LogP contribution in [0, 0.1) is 38.5 Å². The highest BCUT2D eigenvalue weighted by Gasteiger charge is 2.72. The largest absolute Gasteiger partial charge is 0.508 e. The fourth-order valence-electron chi connectivity index (χ4n) is 17.4. The highest BCUT2D eigenvalue weighted by Crippen LogP contribution is 2.70. The van der Waals surface area contributed by atoms with E-state index in [1.807, 2.05) is 64.1 Å². The van der Waals surface area contributed by atoms with Crippen molar-refractivity contribution in [2.75, 3.05) is 42.7 Å². The van der Waals surface area contributed by atoms with Crippen molar-refractivity contribution >= 4 is 11.6 Å². The van der Waals surface area contributed by atoms with Crippen LogP contribution in [0.3, 0.4) is 0 Å². The molecule has 2 spiro atoms. The quantitative estimate of drug-likeness (QED) is 0.0417. The summed E-state index contributed by atoms with van der Waals surface area (Å²) in [6.07, 6.45) is -2.01. The summed E-state index contributed by atoms with van der Waals surface area (Å²) >= 11 is 0. The van der Waals surface area contributed by atoms with E-state index in [2.05, 4.69) is 0 Å². The normalized spacial score (nSPS) is 25.5. The number of Topliss-reactive ketones (excluding diaryl/α,β-unsaturated/α-hetero) is 2. The van der Waals surface area contributed by atoms with Crippen molar-refractivity contribution in [1.29, 1.82) is 0 Å². The molecule has 0 bridgehead atoms. The molecule has 20 nitrogen and oxygen atoms in total. The summed E-state index contributed by atoms with van der Waals surface area (Å²) in [5, 5.41) is 88.0. The van der Waals surface area contributed by atoms with Crippen LogP contribution in [0.1, 0.15) is 170 Å². The van der Waals surface area contributed by atoms with Gasteiger partial charge in [-0.05, 0) is 268 Å². The molecule has 4 aliphatic heterocycles. The molecule has 14 rings (SSSR count). The summed E-state index contributed by atoms with van der Waals surface area (Å²) in [4.78, 5) is 31.6. The second-order valence-electron chi connectivity index (χ2n) is 29.9. The van der Waals surface area contributed by atoms with Gasteiger partial charge in [0.25, 0.3) is 0 Å². The third-order valence-corrected chi connectivity index (χ3v) is 22.9. The average Bonchev–Trinajstić information content (AvgIpc) is 1.53. The van der Waals surface area contributed by atoms with Gasteiger partial charge < -0.3 is 88.2 Å². The van der Waals surface area contributed by atoms with E-state index in [1.54, 1.807) is 151 Å². The lowest BCUT2D eigenvalue weighted by Crippen LogP contribution is -2.54. The summed E-state index contributed by atoms with van der Waals surface area (Å²) in [7, 11) is 9.02. The maximum Gasteiger partial charge on any atom is 0.181 e. The minimum Gasteiger partial charge on any atom is -0.508 e. The number of ether oxygens (including phenoxy) is 10. The molecule has 2 saturated heterocycles. The number of phenolic OH excluding ortho intramolecular Hbond substituents is 6. The van der Waals surface area contributed by atoms with Crippen LogP contribution in [-0.2, 0) is 39.7 Å². The smallest absolute Gasteiger partial charge is 0.181 e. The molecule has 4 heterocycles. The zero-order valence-corrected chi connectivity index (χ0v) is 62.0. The first-order chi connectivity index (χ1) is 50.4. The van der Waals surface area contributed by atoms with Crippen molar-refractivity contribution in [2.45, 2.75) is 153 Å². The minimum absolute atomic E-state index is 0.0171. The van der Waals surface area contributed by atoms with E-state index in [9.17, 15) is 40.9 Å². The number of carbonyl (C=O) groups excluding carboxylic acids is 2. The molecule has 0 saturated carbocycles. The molecule has 2 aliphatic carbocycles. The Bertz CT molecular complexity index is 4560. The number of aliphatic hydroxyl groups is 2. The van der Waals surface area contributed by atoms with Gasteiger partial charge in [-0.3, -0.25) is 9.59 Å². The Labute approximate surface area is 616 Å². The molecular formula is C86H92O20. The summed E-state index contributed by atoms with van der Waals surface area (Å²) in [6, 6.07) is 41.8. The molecule has 0 radical (unpaired) electrons. The van der Waals surface area contributed by atoms with Gasteiger partial charge in [0.15, 0.2) is 68.8 Å².